The maximum Gasteiger partial charge on any atom is 0.359 e. The summed E-state index contributed by atoms with van der Waals surface area (Å²) < 4.78 is 171. The molecule has 0 aromatic carbocycles. The van der Waals surface area contributed by atoms with Gasteiger partial charge in [-0.25, -0.2) is 4.39 Å². The van der Waals surface area contributed by atoms with E-state index in [0.717, 1.165) is 0 Å². The van der Waals surface area contributed by atoms with Gasteiger partial charge >= 0.3 is 41.2 Å². The van der Waals surface area contributed by atoms with Crippen molar-refractivity contribution in [1.82, 2.24) is 0 Å². The Morgan fingerprint density at radius 2 is 0.545 bits per heavy atom. The number of hydrogen-bond acceptors (Lipinski definition) is 1. The van der Waals surface area contributed by atoms with Gasteiger partial charge in [0.15, 0.2) is 0 Å². The van der Waals surface area contributed by atoms with E-state index in [1.807, 2.05) is 0 Å². The van der Waals surface area contributed by atoms with E-state index in [2.05, 4.69) is 0 Å². The predicted octanol–water partition coefficient (Wildman–Crippen LogP) is 3.26. The molecule has 0 amide bonds. The molecule has 0 unspecified atom stereocenters. The van der Waals surface area contributed by atoms with Crippen molar-refractivity contribution in [1.29, 1.82) is 0 Å². The molecule has 130 valence electrons. The average molecular weight is 360 g/mol. The second-order valence-corrected chi connectivity index (χ2v) is 4.82. The first-order valence-electron chi connectivity index (χ1n) is 4.93. The third kappa shape index (κ3) is 0.969. The molecule has 0 saturated heterocycles. The van der Waals surface area contributed by atoms with Crippen LogP contribution >= 0.6 is 0 Å². The van der Waals surface area contributed by atoms with E-state index in [0.29, 0.717) is 0 Å². The summed E-state index contributed by atoms with van der Waals surface area (Å²) >= 11 is 0. The smallest absolute Gasteiger partial charge is 0.359 e. The zero-order valence-electron chi connectivity index (χ0n) is 9.36. The molecule has 0 aromatic heterocycles. The van der Waals surface area contributed by atoms with Crippen molar-refractivity contribution in [3.05, 3.63) is 0 Å². The molecular formula is C8HF13O. The summed E-state index contributed by atoms with van der Waals surface area (Å²) in [5, 5.41) is 8.57. The molecular weight excluding hydrogens is 359 g/mol. The van der Waals surface area contributed by atoms with Crippen LogP contribution in [0.25, 0.3) is 0 Å². The van der Waals surface area contributed by atoms with Gasteiger partial charge in [0.2, 0.25) is 0 Å². The van der Waals surface area contributed by atoms with Gasteiger partial charge in [0, 0.05) is 0 Å². The number of rotatable bonds is 0. The Labute approximate surface area is 110 Å². The molecule has 3 aliphatic carbocycles. The number of alkyl halides is 13. The van der Waals surface area contributed by atoms with Crippen LogP contribution < -0.4 is 0 Å². The summed E-state index contributed by atoms with van der Waals surface area (Å²) in [6.45, 7) is 0. The van der Waals surface area contributed by atoms with Gasteiger partial charge in [-0.1, -0.05) is 0 Å². The van der Waals surface area contributed by atoms with Gasteiger partial charge < -0.3 is 5.11 Å². The molecule has 3 aliphatic rings. The first kappa shape index (κ1) is 17.4. The maximum absolute atomic E-state index is 13.5. The van der Waals surface area contributed by atoms with Crippen LogP contribution in [0.5, 0.6) is 0 Å². The summed E-state index contributed by atoms with van der Waals surface area (Å²) in [6, 6.07) is 0. The highest BCUT2D eigenvalue weighted by Gasteiger charge is 3.15. The van der Waals surface area contributed by atoms with E-state index in [-0.39, 0.29) is 0 Å². The summed E-state index contributed by atoms with van der Waals surface area (Å²) in [5.41, 5.74) is -14.9. The van der Waals surface area contributed by atoms with Crippen molar-refractivity contribution in [2.45, 2.75) is 46.8 Å². The summed E-state index contributed by atoms with van der Waals surface area (Å²) in [5.74, 6) is -44.3. The lowest BCUT2D eigenvalue weighted by molar-refractivity contribution is -0.580. The van der Waals surface area contributed by atoms with E-state index >= 15 is 0 Å². The summed E-state index contributed by atoms with van der Waals surface area (Å²) in [4.78, 5) is 0. The number of fused-ring (bicyclic) bond motifs is 3. The quantitative estimate of drug-likeness (QED) is 0.658. The second kappa shape index (κ2) is 3.29. The fraction of sp³-hybridized carbons (Fsp3) is 1.00. The molecule has 0 spiro atoms. The van der Waals surface area contributed by atoms with Gasteiger partial charge in [-0.2, -0.15) is 52.7 Å². The van der Waals surface area contributed by atoms with Crippen LogP contribution in [-0.4, -0.2) is 51.9 Å². The largest absolute Gasteiger partial charge is 0.373 e. The van der Waals surface area contributed by atoms with Crippen molar-refractivity contribution < 1.29 is 62.2 Å². The fourth-order valence-electron chi connectivity index (χ4n) is 2.51. The number of hydrogen-bond donors (Lipinski definition) is 1. The molecule has 0 radical (unpaired) electrons. The lowest BCUT2D eigenvalue weighted by Crippen LogP contribution is -3.00. The van der Waals surface area contributed by atoms with Gasteiger partial charge in [0.05, 0.1) is 0 Å². The predicted molar refractivity (Wildman–Crippen MR) is 38.5 cm³/mol. The first-order chi connectivity index (χ1) is 9.25. The zero-order valence-corrected chi connectivity index (χ0v) is 9.36. The number of aliphatic hydroxyl groups is 1. The third-order valence-electron chi connectivity index (χ3n) is 3.84. The minimum absolute atomic E-state index is 7.24. The van der Waals surface area contributed by atoms with Crippen molar-refractivity contribution >= 4 is 0 Å². The standard InChI is InChI=1S/C8HF13O/c9-1-3(10,11)6(16,17)2(22,7(18,19)4(1,12)13)8(20,21)5(1,14)15/h22H. The van der Waals surface area contributed by atoms with Gasteiger partial charge in [0.1, 0.15) is 0 Å². The van der Waals surface area contributed by atoms with Crippen molar-refractivity contribution in [3.63, 3.8) is 0 Å². The third-order valence-corrected chi connectivity index (χ3v) is 3.84. The van der Waals surface area contributed by atoms with E-state index in [9.17, 15) is 57.1 Å². The highest BCUT2D eigenvalue weighted by molar-refractivity contribution is 5.43. The Morgan fingerprint density at radius 1 is 0.364 bits per heavy atom. The van der Waals surface area contributed by atoms with Crippen LogP contribution in [0.3, 0.4) is 0 Å². The highest BCUT2D eigenvalue weighted by atomic mass is 19.4. The van der Waals surface area contributed by atoms with Crippen LogP contribution in [0, 0.1) is 0 Å². The Morgan fingerprint density at radius 3 is 0.727 bits per heavy atom. The summed E-state index contributed by atoms with van der Waals surface area (Å²) in [6.07, 6.45) is 0. The van der Waals surface area contributed by atoms with Crippen LogP contribution in [0.2, 0.25) is 0 Å². The molecule has 0 aliphatic heterocycles. The van der Waals surface area contributed by atoms with Crippen molar-refractivity contribution in [2.24, 2.45) is 0 Å². The molecule has 1 nitrogen and oxygen atoms in total. The fourth-order valence-corrected chi connectivity index (χ4v) is 2.51. The molecule has 22 heavy (non-hydrogen) atoms. The molecule has 1 N–H and O–H groups in total. The second-order valence-electron chi connectivity index (χ2n) is 4.82. The maximum atomic E-state index is 13.5. The molecule has 14 heteroatoms. The van der Waals surface area contributed by atoms with Crippen molar-refractivity contribution in [2.75, 3.05) is 0 Å². The zero-order chi connectivity index (χ0) is 18.0. The lowest BCUT2D eigenvalue weighted by Gasteiger charge is -2.65. The molecule has 3 rings (SSSR count). The molecule has 3 fully saturated rings. The molecule has 0 atom stereocenters. The van der Waals surface area contributed by atoms with Crippen LogP contribution in [0.15, 0.2) is 0 Å². The normalized spacial score (nSPS) is 45.5. The number of halogens is 13. The molecule has 0 aromatic rings. The Hall–Kier alpha value is -0.950. The molecule has 0 heterocycles. The van der Waals surface area contributed by atoms with E-state index in [1.54, 1.807) is 0 Å². The average Bonchev–Trinajstić information content (AvgIpc) is 2.32. The molecule has 2 bridgehead atoms. The first-order valence-corrected chi connectivity index (χ1v) is 4.93. The van der Waals surface area contributed by atoms with E-state index in [4.69, 9.17) is 5.11 Å². The summed E-state index contributed by atoms with van der Waals surface area (Å²) in [7, 11) is 0. The van der Waals surface area contributed by atoms with Gasteiger partial charge in [-0.05, 0) is 0 Å². The Bertz CT molecular complexity index is 414. The lowest BCUT2D eigenvalue weighted by atomic mass is 9.53. The minimum atomic E-state index is -7.66. The van der Waals surface area contributed by atoms with Gasteiger partial charge in [-0.3, -0.25) is 0 Å². The van der Waals surface area contributed by atoms with E-state index < -0.39 is 46.8 Å². The van der Waals surface area contributed by atoms with Crippen molar-refractivity contribution in [3.8, 4) is 0 Å². The van der Waals surface area contributed by atoms with Crippen LogP contribution in [0.4, 0.5) is 57.1 Å². The van der Waals surface area contributed by atoms with Gasteiger partial charge in [-0.15, -0.1) is 0 Å². The van der Waals surface area contributed by atoms with Crippen LogP contribution in [-0.2, 0) is 0 Å². The van der Waals surface area contributed by atoms with Gasteiger partial charge in [0.25, 0.3) is 5.60 Å². The van der Waals surface area contributed by atoms with E-state index in [1.165, 1.54) is 0 Å². The Balaban J connectivity index is 3.11. The van der Waals surface area contributed by atoms with Crippen LogP contribution in [0.1, 0.15) is 0 Å². The SMILES string of the molecule is OC12C(F)(F)C(F)(F)C(F)(C(F)(F)C1(F)F)C(F)(F)C2(F)F. The highest BCUT2D eigenvalue weighted by Crippen LogP contribution is 2.80. The molecule has 3 saturated carbocycles. The monoisotopic (exact) mass is 360 g/mol. The topological polar surface area (TPSA) is 20.2 Å². The Kier molecular flexibility index (Phi) is 2.60. The minimum Gasteiger partial charge on any atom is -0.373 e.